The lowest BCUT2D eigenvalue weighted by Crippen LogP contribution is -2.35. The largest absolute Gasteiger partial charge is 0.342 e. The van der Waals surface area contributed by atoms with Gasteiger partial charge in [-0.25, -0.2) is 9.37 Å². The van der Waals surface area contributed by atoms with E-state index >= 15 is 0 Å². The first-order chi connectivity index (χ1) is 13.7. The van der Waals surface area contributed by atoms with Gasteiger partial charge in [0.25, 0.3) is 0 Å². The number of aryl methyl sites for hydroxylation is 1. The summed E-state index contributed by atoms with van der Waals surface area (Å²) in [7, 11) is 0. The quantitative estimate of drug-likeness (QED) is 0.738. The first-order valence-corrected chi connectivity index (χ1v) is 9.85. The molecule has 0 bridgehead atoms. The molecule has 0 unspecified atom stereocenters. The van der Waals surface area contributed by atoms with Gasteiger partial charge in [0.2, 0.25) is 5.91 Å². The van der Waals surface area contributed by atoms with Crippen molar-refractivity contribution >= 4 is 16.9 Å². The van der Waals surface area contributed by atoms with Crippen LogP contribution in [0.1, 0.15) is 24.2 Å². The standard InChI is InChI=1S/C22H25FN4O/c23-18-8-6-17(7-9-18)16-26-12-3-13-27(15-14-26)22(28)11-10-21-24-19-4-1-2-5-20(19)25-21/h1-2,4-9H,3,10-16H2,(H,24,25). The fraction of sp³-hybridized carbons (Fsp3) is 0.364. The number of hydrogen-bond donors (Lipinski definition) is 1. The Hall–Kier alpha value is -2.73. The van der Waals surface area contributed by atoms with Crippen molar-refractivity contribution in [3.8, 4) is 0 Å². The molecular formula is C22H25FN4O. The molecule has 3 aromatic rings. The van der Waals surface area contributed by atoms with Gasteiger partial charge in [0.15, 0.2) is 0 Å². The van der Waals surface area contributed by atoms with Gasteiger partial charge in [0.1, 0.15) is 11.6 Å². The first kappa shape index (κ1) is 18.6. The van der Waals surface area contributed by atoms with Crippen LogP contribution in [-0.2, 0) is 17.8 Å². The van der Waals surface area contributed by atoms with Gasteiger partial charge >= 0.3 is 0 Å². The van der Waals surface area contributed by atoms with E-state index in [1.165, 1.54) is 12.1 Å². The molecule has 28 heavy (non-hydrogen) atoms. The molecule has 0 atom stereocenters. The van der Waals surface area contributed by atoms with Gasteiger partial charge in [0.05, 0.1) is 11.0 Å². The number of carbonyl (C=O) groups is 1. The number of benzene rings is 2. The summed E-state index contributed by atoms with van der Waals surface area (Å²) in [6.07, 6.45) is 2.05. The molecule has 0 spiro atoms. The first-order valence-electron chi connectivity index (χ1n) is 9.85. The van der Waals surface area contributed by atoms with Crippen molar-refractivity contribution in [2.24, 2.45) is 0 Å². The lowest BCUT2D eigenvalue weighted by molar-refractivity contribution is -0.131. The van der Waals surface area contributed by atoms with E-state index in [1.807, 2.05) is 41.3 Å². The summed E-state index contributed by atoms with van der Waals surface area (Å²) >= 11 is 0. The van der Waals surface area contributed by atoms with Crippen molar-refractivity contribution < 1.29 is 9.18 Å². The Labute approximate surface area is 164 Å². The Morgan fingerprint density at radius 1 is 1.04 bits per heavy atom. The number of fused-ring (bicyclic) bond motifs is 1. The highest BCUT2D eigenvalue weighted by molar-refractivity contribution is 5.77. The van der Waals surface area contributed by atoms with Crippen LogP contribution in [0.25, 0.3) is 11.0 Å². The Morgan fingerprint density at radius 2 is 1.86 bits per heavy atom. The molecule has 0 radical (unpaired) electrons. The molecule has 1 amide bonds. The SMILES string of the molecule is O=C(CCc1nc2ccccc2[nH]1)N1CCCN(Cc2ccc(F)cc2)CC1. The van der Waals surface area contributed by atoms with Crippen LogP contribution in [0.3, 0.4) is 0 Å². The highest BCUT2D eigenvalue weighted by Crippen LogP contribution is 2.14. The third kappa shape index (κ3) is 4.57. The summed E-state index contributed by atoms with van der Waals surface area (Å²) in [5.41, 5.74) is 3.05. The van der Waals surface area contributed by atoms with E-state index in [-0.39, 0.29) is 11.7 Å². The molecule has 1 aliphatic rings. The minimum Gasteiger partial charge on any atom is -0.342 e. The van der Waals surface area contributed by atoms with Crippen LogP contribution in [0.15, 0.2) is 48.5 Å². The van der Waals surface area contributed by atoms with Crippen molar-refractivity contribution in [1.82, 2.24) is 19.8 Å². The van der Waals surface area contributed by atoms with Gasteiger partial charge in [-0.05, 0) is 36.2 Å². The number of para-hydroxylation sites is 2. The van der Waals surface area contributed by atoms with Crippen LogP contribution in [0, 0.1) is 5.82 Å². The maximum absolute atomic E-state index is 13.1. The zero-order valence-corrected chi connectivity index (χ0v) is 15.9. The maximum atomic E-state index is 13.1. The molecule has 2 aromatic carbocycles. The number of H-pyrrole nitrogens is 1. The summed E-state index contributed by atoms with van der Waals surface area (Å²) in [4.78, 5) is 24.8. The lowest BCUT2D eigenvalue weighted by atomic mass is 10.2. The van der Waals surface area contributed by atoms with Gasteiger partial charge in [-0.15, -0.1) is 0 Å². The molecule has 2 heterocycles. The van der Waals surface area contributed by atoms with Crippen LogP contribution in [0.2, 0.25) is 0 Å². The summed E-state index contributed by atoms with van der Waals surface area (Å²) in [6.45, 7) is 4.11. The molecular weight excluding hydrogens is 355 g/mol. The van der Waals surface area contributed by atoms with Crippen molar-refractivity contribution in [1.29, 1.82) is 0 Å². The van der Waals surface area contributed by atoms with E-state index in [2.05, 4.69) is 14.9 Å². The summed E-state index contributed by atoms with van der Waals surface area (Å²) < 4.78 is 13.1. The molecule has 1 saturated heterocycles. The summed E-state index contributed by atoms with van der Waals surface area (Å²) in [6, 6.07) is 14.6. The predicted octanol–water partition coefficient (Wildman–Crippen LogP) is 3.37. The highest BCUT2D eigenvalue weighted by atomic mass is 19.1. The Bertz CT molecular complexity index is 904. The zero-order chi connectivity index (χ0) is 19.3. The monoisotopic (exact) mass is 380 g/mol. The molecule has 146 valence electrons. The number of aromatic amines is 1. The molecule has 4 rings (SSSR count). The topological polar surface area (TPSA) is 52.2 Å². The number of nitrogens with one attached hydrogen (secondary N) is 1. The van der Waals surface area contributed by atoms with E-state index in [9.17, 15) is 9.18 Å². The number of imidazole rings is 1. The Morgan fingerprint density at radius 3 is 2.68 bits per heavy atom. The normalized spacial score (nSPS) is 15.7. The fourth-order valence-electron chi connectivity index (χ4n) is 3.73. The van der Waals surface area contributed by atoms with E-state index < -0.39 is 0 Å². The summed E-state index contributed by atoms with van der Waals surface area (Å²) in [5, 5.41) is 0. The highest BCUT2D eigenvalue weighted by Gasteiger charge is 2.19. The molecule has 0 saturated carbocycles. The molecule has 5 nitrogen and oxygen atoms in total. The van der Waals surface area contributed by atoms with Crippen LogP contribution >= 0.6 is 0 Å². The Kier molecular flexibility index (Phi) is 5.67. The van der Waals surface area contributed by atoms with E-state index in [0.717, 1.165) is 61.6 Å². The second kappa shape index (κ2) is 8.52. The third-order valence-corrected chi connectivity index (χ3v) is 5.27. The molecule has 1 fully saturated rings. The average molecular weight is 380 g/mol. The van der Waals surface area contributed by atoms with E-state index in [0.29, 0.717) is 12.8 Å². The number of carbonyl (C=O) groups excluding carboxylic acids is 1. The second-order valence-corrected chi connectivity index (χ2v) is 7.34. The summed E-state index contributed by atoms with van der Waals surface area (Å²) in [5.74, 6) is 0.840. The molecule has 6 heteroatoms. The minimum atomic E-state index is -0.208. The number of rotatable bonds is 5. The third-order valence-electron chi connectivity index (χ3n) is 5.27. The number of aromatic nitrogens is 2. The van der Waals surface area contributed by atoms with Crippen LogP contribution in [0.5, 0.6) is 0 Å². The number of nitrogens with zero attached hydrogens (tertiary/aromatic N) is 3. The number of halogens is 1. The fourth-order valence-corrected chi connectivity index (χ4v) is 3.73. The zero-order valence-electron chi connectivity index (χ0n) is 15.9. The van der Waals surface area contributed by atoms with Gasteiger partial charge < -0.3 is 9.88 Å². The lowest BCUT2D eigenvalue weighted by Gasteiger charge is -2.22. The molecule has 1 aliphatic heterocycles. The number of amides is 1. The average Bonchev–Trinajstić information content (AvgIpc) is 2.98. The second-order valence-electron chi connectivity index (χ2n) is 7.34. The van der Waals surface area contributed by atoms with Gasteiger partial charge in [-0.2, -0.15) is 0 Å². The molecule has 1 aromatic heterocycles. The van der Waals surface area contributed by atoms with Crippen molar-refractivity contribution in [3.63, 3.8) is 0 Å². The van der Waals surface area contributed by atoms with Gasteiger partial charge in [-0.1, -0.05) is 24.3 Å². The minimum absolute atomic E-state index is 0.184. The predicted molar refractivity (Wildman–Crippen MR) is 107 cm³/mol. The molecule has 1 N–H and O–H groups in total. The van der Waals surface area contributed by atoms with Gasteiger partial charge in [0, 0.05) is 45.6 Å². The van der Waals surface area contributed by atoms with E-state index in [1.54, 1.807) is 0 Å². The van der Waals surface area contributed by atoms with Crippen LogP contribution < -0.4 is 0 Å². The van der Waals surface area contributed by atoms with Gasteiger partial charge in [-0.3, -0.25) is 9.69 Å². The van der Waals surface area contributed by atoms with E-state index in [4.69, 9.17) is 0 Å². The van der Waals surface area contributed by atoms with Crippen molar-refractivity contribution in [2.45, 2.75) is 25.8 Å². The van der Waals surface area contributed by atoms with Crippen molar-refractivity contribution in [3.05, 3.63) is 65.7 Å². The molecule has 0 aliphatic carbocycles. The van der Waals surface area contributed by atoms with Crippen LogP contribution in [-0.4, -0.2) is 51.9 Å². The van der Waals surface area contributed by atoms with Crippen molar-refractivity contribution in [2.75, 3.05) is 26.2 Å². The number of hydrogen-bond acceptors (Lipinski definition) is 3. The maximum Gasteiger partial charge on any atom is 0.223 e. The smallest absolute Gasteiger partial charge is 0.223 e. The Balaban J connectivity index is 1.28. The van der Waals surface area contributed by atoms with Crippen LogP contribution in [0.4, 0.5) is 4.39 Å².